The van der Waals surface area contributed by atoms with Crippen molar-refractivity contribution in [1.29, 1.82) is 5.26 Å². The second-order valence-electron chi connectivity index (χ2n) is 5.82. The van der Waals surface area contributed by atoms with E-state index in [0.717, 1.165) is 18.8 Å². The van der Waals surface area contributed by atoms with Crippen LogP contribution in [0.15, 0.2) is 18.2 Å². The fourth-order valence-corrected chi connectivity index (χ4v) is 3.33. The average Bonchev–Trinajstić information content (AvgIpc) is 2.82. The molecule has 3 rings (SSSR count). The van der Waals surface area contributed by atoms with E-state index in [2.05, 4.69) is 10.6 Å². The van der Waals surface area contributed by atoms with Gasteiger partial charge in [0.2, 0.25) is 0 Å². The normalized spacial score (nSPS) is 28.9. The highest BCUT2D eigenvalue weighted by Gasteiger charge is 2.45. The Morgan fingerprint density at radius 2 is 2.32 bits per heavy atom. The topological polar surface area (TPSA) is 47.9 Å². The number of hydrogen-bond acceptors (Lipinski definition) is 3. The molecule has 1 aliphatic carbocycles. The lowest BCUT2D eigenvalue weighted by molar-refractivity contribution is 0.142. The maximum atomic E-state index is 13.7. The number of halogens is 1. The molecule has 3 nitrogen and oxygen atoms in total. The number of rotatable bonds is 3. The Kier molecular flexibility index (Phi) is 3.16. The highest BCUT2D eigenvalue weighted by molar-refractivity contribution is 5.47. The summed E-state index contributed by atoms with van der Waals surface area (Å²) in [5.74, 6) is -0.289. The van der Waals surface area contributed by atoms with Gasteiger partial charge in [-0.2, -0.15) is 5.26 Å². The van der Waals surface area contributed by atoms with E-state index in [9.17, 15) is 4.39 Å². The molecule has 19 heavy (non-hydrogen) atoms. The van der Waals surface area contributed by atoms with Crippen molar-refractivity contribution < 1.29 is 4.39 Å². The van der Waals surface area contributed by atoms with E-state index in [4.69, 9.17) is 5.26 Å². The molecule has 2 aliphatic rings. The van der Waals surface area contributed by atoms with Gasteiger partial charge in [0, 0.05) is 23.8 Å². The van der Waals surface area contributed by atoms with Gasteiger partial charge >= 0.3 is 0 Å². The maximum absolute atomic E-state index is 13.7. The summed E-state index contributed by atoms with van der Waals surface area (Å²) >= 11 is 0. The Morgan fingerprint density at radius 1 is 1.47 bits per heavy atom. The predicted molar refractivity (Wildman–Crippen MR) is 72.3 cm³/mol. The SMILES string of the molecule is N#CCc1ccc(NC2CC3(CCNC3)C2)cc1F. The Bertz CT molecular complexity index is 507. The number of nitriles is 1. The number of anilines is 1. The molecule has 4 heteroatoms. The quantitative estimate of drug-likeness (QED) is 0.876. The van der Waals surface area contributed by atoms with E-state index < -0.39 is 0 Å². The lowest BCUT2D eigenvalue weighted by atomic mass is 9.65. The number of hydrogen-bond donors (Lipinski definition) is 2. The lowest BCUT2D eigenvalue weighted by Gasteiger charge is -2.45. The molecule has 2 fully saturated rings. The number of benzene rings is 1. The lowest BCUT2D eigenvalue weighted by Crippen LogP contribution is -2.46. The summed E-state index contributed by atoms with van der Waals surface area (Å²) < 4.78 is 13.7. The van der Waals surface area contributed by atoms with Crippen LogP contribution in [0.25, 0.3) is 0 Å². The van der Waals surface area contributed by atoms with Crippen LogP contribution in [-0.2, 0) is 6.42 Å². The van der Waals surface area contributed by atoms with Gasteiger partial charge in [-0.3, -0.25) is 0 Å². The minimum absolute atomic E-state index is 0.129. The minimum Gasteiger partial charge on any atom is -0.382 e. The van der Waals surface area contributed by atoms with Crippen LogP contribution in [0.1, 0.15) is 24.8 Å². The molecule has 1 heterocycles. The molecule has 2 N–H and O–H groups in total. The van der Waals surface area contributed by atoms with Crippen molar-refractivity contribution in [2.45, 2.75) is 31.7 Å². The van der Waals surface area contributed by atoms with Gasteiger partial charge in [0.25, 0.3) is 0 Å². The molecule has 1 aromatic rings. The predicted octanol–water partition coefficient (Wildman–Crippen LogP) is 2.45. The van der Waals surface area contributed by atoms with Crippen molar-refractivity contribution in [3.05, 3.63) is 29.6 Å². The minimum atomic E-state index is -0.289. The maximum Gasteiger partial charge on any atom is 0.129 e. The third kappa shape index (κ3) is 2.43. The Balaban J connectivity index is 1.59. The van der Waals surface area contributed by atoms with Crippen LogP contribution in [-0.4, -0.2) is 19.1 Å². The van der Waals surface area contributed by atoms with Gasteiger partial charge in [-0.25, -0.2) is 4.39 Å². The van der Waals surface area contributed by atoms with E-state index in [1.165, 1.54) is 25.3 Å². The summed E-state index contributed by atoms with van der Waals surface area (Å²) in [7, 11) is 0. The first kappa shape index (κ1) is 12.4. The summed E-state index contributed by atoms with van der Waals surface area (Å²) in [6.07, 6.45) is 3.73. The first-order chi connectivity index (χ1) is 9.21. The van der Waals surface area contributed by atoms with E-state index in [0.29, 0.717) is 17.0 Å². The fraction of sp³-hybridized carbons (Fsp3) is 0.533. The fourth-order valence-electron chi connectivity index (χ4n) is 3.33. The van der Waals surface area contributed by atoms with Crippen LogP contribution in [0.4, 0.5) is 10.1 Å². The van der Waals surface area contributed by atoms with E-state index in [-0.39, 0.29) is 12.2 Å². The van der Waals surface area contributed by atoms with Gasteiger partial charge in [0.05, 0.1) is 12.5 Å². The molecule has 0 amide bonds. The third-order valence-corrected chi connectivity index (χ3v) is 4.38. The highest BCUT2D eigenvalue weighted by atomic mass is 19.1. The first-order valence-electron chi connectivity index (χ1n) is 6.83. The Hall–Kier alpha value is -1.60. The molecule has 0 radical (unpaired) electrons. The van der Waals surface area contributed by atoms with Crippen LogP contribution in [0.3, 0.4) is 0 Å². The second-order valence-corrected chi connectivity index (χ2v) is 5.82. The monoisotopic (exact) mass is 259 g/mol. The molecule has 0 bridgehead atoms. The van der Waals surface area contributed by atoms with Crippen LogP contribution < -0.4 is 10.6 Å². The molecule has 0 aromatic heterocycles. The van der Waals surface area contributed by atoms with Crippen molar-refractivity contribution >= 4 is 5.69 Å². The molecule has 100 valence electrons. The Morgan fingerprint density at radius 3 is 2.95 bits per heavy atom. The van der Waals surface area contributed by atoms with Gasteiger partial charge in [-0.05, 0) is 43.4 Å². The molecule has 1 saturated heterocycles. The zero-order chi connectivity index (χ0) is 13.3. The summed E-state index contributed by atoms with van der Waals surface area (Å²) in [5, 5.41) is 15.4. The van der Waals surface area contributed by atoms with Crippen molar-refractivity contribution in [3.63, 3.8) is 0 Å². The van der Waals surface area contributed by atoms with Crippen molar-refractivity contribution in [3.8, 4) is 6.07 Å². The van der Waals surface area contributed by atoms with Crippen LogP contribution >= 0.6 is 0 Å². The zero-order valence-corrected chi connectivity index (χ0v) is 10.9. The van der Waals surface area contributed by atoms with Crippen molar-refractivity contribution in [2.75, 3.05) is 18.4 Å². The molecule has 1 aliphatic heterocycles. The first-order valence-corrected chi connectivity index (χ1v) is 6.83. The van der Waals surface area contributed by atoms with E-state index in [1.807, 2.05) is 12.1 Å². The largest absolute Gasteiger partial charge is 0.382 e. The third-order valence-electron chi connectivity index (χ3n) is 4.38. The smallest absolute Gasteiger partial charge is 0.129 e. The summed E-state index contributed by atoms with van der Waals surface area (Å²) in [6.45, 7) is 2.25. The van der Waals surface area contributed by atoms with Crippen LogP contribution in [0, 0.1) is 22.6 Å². The van der Waals surface area contributed by atoms with Gasteiger partial charge in [0.15, 0.2) is 0 Å². The van der Waals surface area contributed by atoms with Crippen molar-refractivity contribution in [2.24, 2.45) is 5.41 Å². The Labute approximate surface area is 112 Å². The van der Waals surface area contributed by atoms with Crippen LogP contribution in [0.5, 0.6) is 0 Å². The summed E-state index contributed by atoms with van der Waals surface area (Å²) in [6, 6.07) is 7.51. The number of nitrogens with one attached hydrogen (secondary N) is 2. The zero-order valence-electron chi connectivity index (χ0n) is 10.9. The van der Waals surface area contributed by atoms with Gasteiger partial charge in [-0.15, -0.1) is 0 Å². The summed E-state index contributed by atoms with van der Waals surface area (Å²) in [5.41, 5.74) is 1.79. The molecule has 1 saturated carbocycles. The van der Waals surface area contributed by atoms with Crippen molar-refractivity contribution in [1.82, 2.24) is 5.32 Å². The van der Waals surface area contributed by atoms with E-state index in [1.54, 1.807) is 6.07 Å². The molecule has 0 unspecified atom stereocenters. The van der Waals surface area contributed by atoms with Gasteiger partial charge in [-0.1, -0.05) is 6.07 Å². The second kappa shape index (κ2) is 4.82. The standard InChI is InChI=1S/C15H18FN3/c16-14-7-12(2-1-11(14)3-5-17)19-13-8-15(9-13)4-6-18-10-15/h1-2,7,13,18-19H,3-4,6,8-10H2. The molecular weight excluding hydrogens is 241 g/mol. The molecule has 1 spiro atoms. The molecule has 0 atom stereocenters. The molecular formula is C15H18FN3. The van der Waals surface area contributed by atoms with Gasteiger partial charge < -0.3 is 10.6 Å². The van der Waals surface area contributed by atoms with Crippen LogP contribution in [0.2, 0.25) is 0 Å². The average molecular weight is 259 g/mol. The van der Waals surface area contributed by atoms with Gasteiger partial charge in [0.1, 0.15) is 5.82 Å². The number of nitrogens with zero attached hydrogens (tertiary/aromatic N) is 1. The summed E-state index contributed by atoms with van der Waals surface area (Å²) in [4.78, 5) is 0. The molecule has 1 aromatic carbocycles. The highest BCUT2D eigenvalue weighted by Crippen LogP contribution is 2.46. The van der Waals surface area contributed by atoms with E-state index >= 15 is 0 Å².